The summed E-state index contributed by atoms with van der Waals surface area (Å²) in [4.78, 5) is 0. The van der Waals surface area contributed by atoms with Crippen molar-refractivity contribution in [2.75, 3.05) is 0 Å². The topological polar surface area (TPSA) is 38.0 Å². The maximum atomic E-state index is 6.91. The fraction of sp³-hybridized carbons (Fsp3) is 0.0417. The van der Waals surface area contributed by atoms with Crippen LogP contribution in [0, 0.1) is 0 Å². The van der Waals surface area contributed by atoms with Gasteiger partial charge in [-0.05, 0) is 88.6 Å². The van der Waals surface area contributed by atoms with E-state index < -0.39 is 0 Å². The van der Waals surface area contributed by atoms with Gasteiger partial charge in [-0.3, -0.25) is 0 Å². The molecule has 0 aliphatic carbocycles. The molecule has 0 aromatic heterocycles. The van der Waals surface area contributed by atoms with Crippen molar-refractivity contribution in [3.63, 3.8) is 0 Å². The highest BCUT2D eigenvalue weighted by atomic mass is 15.0. The van der Waals surface area contributed by atoms with E-state index in [-0.39, 0.29) is 6.17 Å². The predicted molar refractivity (Wildman–Crippen MR) is 214 cm³/mol. The highest BCUT2D eigenvalue weighted by Crippen LogP contribution is 2.42. The fourth-order valence-corrected chi connectivity index (χ4v) is 7.61. The summed E-state index contributed by atoms with van der Waals surface area (Å²) >= 11 is 0. The first-order chi connectivity index (χ1) is 24.7. The Balaban J connectivity index is 1.22. The standard InChI is InChI=1S/C48H36N2/c49-48(35-14-2-1-3-15-35)50-46(29-23-32-22-27-40-37(30-32)25-24-33-12-4-7-17-38(33)40)42-20-10-11-21-43(42)47-41-19-9-6-16-36(41)31-45-39-18-8-5-13-34(39)26-28-44(45)47/h1-22,24-31,48,50H,23,49H2/b46-29-. The van der Waals surface area contributed by atoms with Gasteiger partial charge in [-0.1, -0.05) is 176 Å². The second-order valence-corrected chi connectivity index (χ2v) is 13.1. The molecule has 9 aromatic rings. The number of hydrogen-bond donors (Lipinski definition) is 2. The normalized spacial score (nSPS) is 12.6. The van der Waals surface area contributed by atoms with Crippen LogP contribution in [-0.2, 0) is 6.42 Å². The smallest absolute Gasteiger partial charge is 0.101 e. The SMILES string of the molecule is NC(N/C(=C\Cc1ccc2c(ccc3ccccc32)c1)c1ccccc1-c1c2ccccc2cc2c1ccc1ccccc12)c1ccccc1. The maximum absolute atomic E-state index is 6.91. The van der Waals surface area contributed by atoms with Crippen LogP contribution in [0.2, 0.25) is 0 Å². The number of benzene rings is 9. The molecule has 0 saturated heterocycles. The van der Waals surface area contributed by atoms with Gasteiger partial charge in [-0.15, -0.1) is 0 Å². The van der Waals surface area contributed by atoms with E-state index in [0.29, 0.717) is 0 Å². The lowest BCUT2D eigenvalue weighted by atomic mass is 9.87. The minimum absolute atomic E-state index is 0.383. The molecule has 0 spiro atoms. The van der Waals surface area contributed by atoms with Gasteiger partial charge in [0.15, 0.2) is 0 Å². The Bertz CT molecular complexity index is 2720. The van der Waals surface area contributed by atoms with Crippen LogP contribution in [0.25, 0.3) is 70.7 Å². The first kappa shape index (κ1) is 29.9. The van der Waals surface area contributed by atoms with Crippen molar-refractivity contribution in [1.82, 2.24) is 5.32 Å². The van der Waals surface area contributed by atoms with Crippen LogP contribution in [0.5, 0.6) is 0 Å². The molecule has 238 valence electrons. The third-order valence-corrected chi connectivity index (χ3v) is 10.1. The lowest BCUT2D eigenvalue weighted by Gasteiger charge is -2.22. The third kappa shape index (κ3) is 5.37. The molecule has 50 heavy (non-hydrogen) atoms. The van der Waals surface area contributed by atoms with Crippen molar-refractivity contribution in [2.45, 2.75) is 12.6 Å². The molecule has 0 aliphatic rings. The molecule has 1 unspecified atom stereocenters. The van der Waals surface area contributed by atoms with E-state index in [1.54, 1.807) is 0 Å². The predicted octanol–water partition coefficient (Wildman–Crippen LogP) is 12.0. The zero-order valence-electron chi connectivity index (χ0n) is 27.7. The molecule has 0 fully saturated rings. The summed E-state index contributed by atoms with van der Waals surface area (Å²) in [7, 11) is 0. The van der Waals surface area contributed by atoms with Crippen LogP contribution < -0.4 is 11.1 Å². The van der Waals surface area contributed by atoms with Crippen molar-refractivity contribution < 1.29 is 0 Å². The molecule has 9 rings (SSSR count). The molecule has 2 heteroatoms. The highest BCUT2D eigenvalue weighted by molar-refractivity contribution is 6.20. The van der Waals surface area contributed by atoms with Crippen LogP contribution >= 0.6 is 0 Å². The van der Waals surface area contributed by atoms with Crippen LogP contribution in [0.3, 0.4) is 0 Å². The Labute approximate surface area is 292 Å². The van der Waals surface area contributed by atoms with Gasteiger partial charge in [0.25, 0.3) is 0 Å². The van der Waals surface area contributed by atoms with E-state index in [1.807, 2.05) is 18.2 Å². The highest BCUT2D eigenvalue weighted by Gasteiger charge is 2.18. The van der Waals surface area contributed by atoms with Gasteiger partial charge in [0, 0.05) is 11.3 Å². The summed E-state index contributed by atoms with van der Waals surface area (Å²) in [6, 6.07) is 63.3. The van der Waals surface area contributed by atoms with Crippen LogP contribution in [0.1, 0.15) is 22.9 Å². The van der Waals surface area contributed by atoms with Crippen molar-refractivity contribution >= 4 is 59.6 Å². The lowest BCUT2D eigenvalue weighted by Crippen LogP contribution is -2.27. The van der Waals surface area contributed by atoms with Gasteiger partial charge < -0.3 is 11.1 Å². The van der Waals surface area contributed by atoms with Gasteiger partial charge >= 0.3 is 0 Å². The molecule has 9 aromatic carbocycles. The summed E-state index contributed by atoms with van der Waals surface area (Å²) < 4.78 is 0. The number of rotatable bonds is 7. The second-order valence-electron chi connectivity index (χ2n) is 13.1. The van der Waals surface area contributed by atoms with Crippen LogP contribution in [0.4, 0.5) is 0 Å². The van der Waals surface area contributed by atoms with E-state index in [4.69, 9.17) is 5.73 Å². The van der Waals surface area contributed by atoms with Crippen LogP contribution in [0.15, 0.2) is 182 Å². The average Bonchev–Trinajstić information content (AvgIpc) is 3.18. The van der Waals surface area contributed by atoms with Gasteiger partial charge in [-0.25, -0.2) is 0 Å². The molecule has 0 aliphatic heterocycles. The molecule has 2 nitrogen and oxygen atoms in total. The number of allylic oxidation sites excluding steroid dienone is 1. The van der Waals surface area contributed by atoms with E-state index in [0.717, 1.165) is 23.2 Å². The lowest BCUT2D eigenvalue weighted by molar-refractivity contribution is 0.666. The van der Waals surface area contributed by atoms with E-state index in [2.05, 4.69) is 169 Å². The Kier molecular flexibility index (Phi) is 7.57. The first-order valence-electron chi connectivity index (χ1n) is 17.3. The first-order valence-corrected chi connectivity index (χ1v) is 17.3. The monoisotopic (exact) mass is 640 g/mol. The van der Waals surface area contributed by atoms with Crippen molar-refractivity contribution in [3.05, 3.63) is 199 Å². The molecule has 0 radical (unpaired) electrons. The summed E-state index contributed by atoms with van der Waals surface area (Å²) in [5.41, 5.74) is 13.7. The Morgan fingerprint density at radius 1 is 0.480 bits per heavy atom. The largest absolute Gasteiger partial charge is 0.366 e. The van der Waals surface area contributed by atoms with Gasteiger partial charge in [0.2, 0.25) is 0 Å². The van der Waals surface area contributed by atoms with E-state index >= 15 is 0 Å². The quantitative estimate of drug-likeness (QED) is 0.103. The summed E-state index contributed by atoms with van der Waals surface area (Å²) in [5.74, 6) is 0. The number of fused-ring (bicyclic) bond motifs is 7. The Morgan fingerprint density at radius 3 is 1.84 bits per heavy atom. The summed E-state index contributed by atoms with van der Waals surface area (Å²) in [6.45, 7) is 0. The van der Waals surface area contributed by atoms with E-state index in [9.17, 15) is 0 Å². The van der Waals surface area contributed by atoms with Crippen molar-refractivity contribution in [3.8, 4) is 11.1 Å². The van der Waals surface area contributed by atoms with E-state index in [1.165, 1.54) is 70.6 Å². The second kappa shape index (κ2) is 12.7. The maximum Gasteiger partial charge on any atom is 0.101 e. The summed E-state index contributed by atoms with van der Waals surface area (Å²) in [6.07, 6.45) is 2.68. The average molecular weight is 641 g/mol. The molecule has 0 heterocycles. The summed E-state index contributed by atoms with van der Waals surface area (Å²) in [5, 5.41) is 16.3. The number of nitrogens with one attached hydrogen (secondary N) is 1. The molecular formula is C48H36N2. The molecular weight excluding hydrogens is 605 g/mol. The number of nitrogens with two attached hydrogens (primary N) is 1. The minimum Gasteiger partial charge on any atom is -0.366 e. The molecule has 0 amide bonds. The number of hydrogen-bond acceptors (Lipinski definition) is 2. The zero-order valence-corrected chi connectivity index (χ0v) is 27.7. The van der Waals surface area contributed by atoms with Crippen molar-refractivity contribution in [2.24, 2.45) is 5.73 Å². The molecule has 0 bridgehead atoms. The molecule has 3 N–H and O–H groups in total. The third-order valence-electron chi connectivity index (χ3n) is 10.1. The van der Waals surface area contributed by atoms with Gasteiger partial charge in [0.05, 0.1) is 0 Å². The fourth-order valence-electron chi connectivity index (χ4n) is 7.61. The Hall–Kier alpha value is -6.22. The van der Waals surface area contributed by atoms with Crippen molar-refractivity contribution in [1.29, 1.82) is 0 Å². The van der Waals surface area contributed by atoms with Gasteiger partial charge in [-0.2, -0.15) is 0 Å². The zero-order chi connectivity index (χ0) is 33.4. The molecule has 0 saturated carbocycles. The molecule has 1 atom stereocenters. The van der Waals surface area contributed by atoms with Crippen LogP contribution in [-0.4, -0.2) is 0 Å². The minimum atomic E-state index is -0.383. The Morgan fingerprint density at radius 2 is 1.04 bits per heavy atom. The van der Waals surface area contributed by atoms with Gasteiger partial charge in [0.1, 0.15) is 6.17 Å².